The Labute approximate surface area is 116 Å². The normalized spacial score (nSPS) is 12.2. The van der Waals surface area contributed by atoms with Gasteiger partial charge in [0.25, 0.3) is 5.91 Å². The van der Waals surface area contributed by atoms with E-state index in [1.807, 2.05) is 32.0 Å². The van der Waals surface area contributed by atoms with E-state index in [4.69, 9.17) is 5.11 Å². The Morgan fingerprint density at radius 3 is 2.82 bits per heavy atom. The predicted molar refractivity (Wildman–Crippen MR) is 77.1 cm³/mol. The number of hydrogen-bond acceptors (Lipinski definition) is 2. The highest BCUT2D eigenvalue weighted by molar-refractivity contribution is 14.1. The van der Waals surface area contributed by atoms with Crippen molar-refractivity contribution in [3.63, 3.8) is 0 Å². The van der Waals surface area contributed by atoms with Crippen LogP contribution in [0.25, 0.3) is 0 Å². The summed E-state index contributed by atoms with van der Waals surface area (Å²) in [5.74, 6) is -0.0543. The lowest BCUT2D eigenvalue weighted by atomic mass is 10.1. The third-order valence-electron chi connectivity index (χ3n) is 2.82. The van der Waals surface area contributed by atoms with E-state index >= 15 is 0 Å². The Hall–Kier alpha value is -0.620. The second-order valence-electron chi connectivity index (χ2n) is 4.00. The van der Waals surface area contributed by atoms with E-state index in [-0.39, 0.29) is 18.6 Å². The van der Waals surface area contributed by atoms with Gasteiger partial charge in [0.2, 0.25) is 0 Å². The van der Waals surface area contributed by atoms with Crippen molar-refractivity contribution in [1.82, 2.24) is 5.32 Å². The van der Waals surface area contributed by atoms with E-state index < -0.39 is 0 Å². The van der Waals surface area contributed by atoms with Crippen molar-refractivity contribution in [2.45, 2.75) is 32.7 Å². The van der Waals surface area contributed by atoms with Crippen LogP contribution in [0.2, 0.25) is 0 Å². The van der Waals surface area contributed by atoms with Gasteiger partial charge in [0.15, 0.2) is 0 Å². The number of halogens is 1. The molecule has 0 saturated heterocycles. The number of aliphatic hydroxyl groups is 1. The number of hydrogen-bond donors (Lipinski definition) is 2. The number of carbonyl (C=O) groups excluding carboxylic acids is 1. The van der Waals surface area contributed by atoms with E-state index in [9.17, 15) is 4.79 Å². The first-order valence-corrected chi connectivity index (χ1v) is 6.84. The van der Waals surface area contributed by atoms with Gasteiger partial charge in [0.05, 0.1) is 0 Å². The molecule has 0 fully saturated rings. The third-order valence-corrected chi connectivity index (χ3v) is 3.99. The molecule has 2 N–H and O–H groups in total. The Balaban J connectivity index is 2.79. The average molecular weight is 347 g/mol. The Morgan fingerprint density at radius 1 is 1.53 bits per heavy atom. The van der Waals surface area contributed by atoms with Gasteiger partial charge in [-0.15, -0.1) is 0 Å². The van der Waals surface area contributed by atoms with E-state index in [0.29, 0.717) is 12.0 Å². The molecule has 1 atom stereocenters. The molecule has 1 rings (SSSR count). The average Bonchev–Trinajstić information content (AvgIpc) is 2.31. The molecule has 0 aliphatic rings. The summed E-state index contributed by atoms with van der Waals surface area (Å²) < 4.78 is 1.09. The molecule has 1 unspecified atom stereocenters. The Kier molecular flexibility index (Phi) is 5.91. The zero-order chi connectivity index (χ0) is 12.8. The number of carbonyl (C=O) groups is 1. The van der Waals surface area contributed by atoms with Gasteiger partial charge in [-0.05, 0) is 60.1 Å². The summed E-state index contributed by atoms with van der Waals surface area (Å²) in [5, 5.41) is 11.8. The largest absolute Gasteiger partial charge is 0.396 e. The number of nitrogens with one attached hydrogen (secondary N) is 1. The molecule has 94 valence electrons. The van der Waals surface area contributed by atoms with E-state index in [0.717, 1.165) is 15.6 Å². The monoisotopic (exact) mass is 347 g/mol. The fraction of sp³-hybridized carbons (Fsp3) is 0.462. The van der Waals surface area contributed by atoms with Crippen LogP contribution in [-0.2, 0) is 0 Å². The van der Waals surface area contributed by atoms with E-state index in [2.05, 4.69) is 27.9 Å². The van der Waals surface area contributed by atoms with Gasteiger partial charge < -0.3 is 10.4 Å². The molecule has 4 heteroatoms. The van der Waals surface area contributed by atoms with Crippen molar-refractivity contribution in [1.29, 1.82) is 0 Å². The smallest absolute Gasteiger partial charge is 0.251 e. The highest BCUT2D eigenvalue weighted by Gasteiger charge is 2.14. The SMILES string of the molecule is CCC(CCO)NC(=O)c1cccc(I)c1C. The highest BCUT2D eigenvalue weighted by atomic mass is 127. The number of aliphatic hydroxyl groups excluding tert-OH is 1. The molecule has 0 spiro atoms. The van der Waals surface area contributed by atoms with Crippen LogP contribution in [-0.4, -0.2) is 23.7 Å². The van der Waals surface area contributed by atoms with Crippen LogP contribution in [0.15, 0.2) is 18.2 Å². The summed E-state index contributed by atoms with van der Waals surface area (Å²) in [6.45, 7) is 4.05. The van der Waals surface area contributed by atoms with Gasteiger partial charge in [0, 0.05) is 21.8 Å². The van der Waals surface area contributed by atoms with Gasteiger partial charge >= 0.3 is 0 Å². The first-order valence-electron chi connectivity index (χ1n) is 5.77. The fourth-order valence-electron chi connectivity index (χ4n) is 1.65. The molecule has 17 heavy (non-hydrogen) atoms. The fourth-order valence-corrected chi connectivity index (χ4v) is 2.15. The topological polar surface area (TPSA) is 49.3 Å². The number of amides is 1. The minimum absolute atomic E-state index is 0.0461. The second-order valence-corrected chi connectivity index (χ2v) is 5.17. The lowest BCUT2D eigenvalue weighted by molar-refractivity contribution is 0.0928. The molecule has 3 nitrogen and oxygen atoms in total. The molecule has 0 heterocycles. The molecule has 0 aliphatic heterocycles. The highest BCUT2D eigenvalue weighted by Crippen LogP contribution is 2.16. The molecule has 0 bridgehead atoms. The van der Waals surface area contributed by atoms with Crippen LogP contribution < -0.4 is 5.32 Å². The molecule has 0 aliphatic carbocycles. The molecule has 1 aromatic rings. The van der Waals surface area contributed by atoms with Crippen LogP contribution >= 0.6 is 22.6 Å². The standard InChI is InChI=1S/C13H18INO2/c1-3-10(7-8-16)15-13(17)11-5-4-6-12(14)9(11)2/h4-6,10,16H,3,7-8H2,1-2H3,(H,15,17). The lowest BCUT2D eigenvalue weighted by Gasteiger charge is -2.16. The summed E-state index contributed by atoms with van der Waals surface area (Å²) in [7, 11) is 0. The first kappa shape index (κ1) is 14.4. The molecule has 0 radical (unpaired) electrons. The molecule has 1 amide bonds. The predicted octanol–water partition coefficient (Wildman–Crippen LogP) is 2.49. The van der Waals surface area contributed by atoms with Crippen molar-refractivity contribution in [2.24, 2.45) is 0 Å². The van der Waals surface area contributed by atoms with Gasteiger partial charge in [0.1, 0.15) is 0 Å². The maximum absolute atomic E-state index is 12.1. The van der Waals surface area contributed by atoms with Crippen molar-refractivity contribution < 1.29 is 9.90 Å². The van der Waals surface area contributed by atoms with Gasteiger partial charge in [-0.25, -0.2) is 0 Å². The zero-order valence-corrected chi connectivity index (χ0v) is 12.3. The van der Waals surface area contributed by atoms with Gasteiger partial charge in [-0.1, -0.05) is 13.0 Å². The van der Waals surface area contributed by atoms with E-state index in [1.54, 1.807) is 0 Å². The molecule has 0 aromatic heterocycles. The molecule has 1 aromatic carbocycles. The van der Waals surface area contributed by atoms with Crippen molar-refractivity contribution in [3.05, 3.63) is 32.9 Å². The lowest BCUT2D eigenvalue weighted by Crippen LogP contribution is -2.35. The van der Waals surface area contributed by atoms with Crippen LogP contribution in [0.1, 0.15) is 35.7 Å². The minimum Gasteiger partial charge on any atom is -0.396 e. The summed E-state index contributed by atoms with van der Waals surface area (Å²) in [6, 6.07) is 5.75. The quantitative estimate of drug-likeness (QED) is 0.804. The summed E-state index contributed by atoms with van der Waals surface area (Å²) in [5.41, 5.74) is 1.72. The molecule has 0 saturated carbocycles. The van der Waals surface area contributed by atoms with Crippen LogP contribution in [0.3, 0.4) is 0 Å². The Bertz CT molecular complexity index is 393. The van der Waals surface area contributed by atoms with Gasteiger partial charge in [-0.3, -0.25) is 4.79 Å². The Morgan fingerprint density at radius 2 is 2.24 bits per heavy atom. The van der Waals surface area contributed by atoms with Crippen LogP contribution in [0.5, 0.6) is 0 Å². The number of rotatable bonds is 5. The summed E-state index contributed by atoms with van der Waals surface area (Å²) >= 11 is 2.22. The summed E-state index contributed by atoms with van der Waals surface area (Å²) in [6.07, 6.45) is 1.43. The van der Waals surface area contributed by atoms with Crippen LogP contribution in [0, 0.1) is 10.5 Å². The van der Waals surface area contributed by atoms with Gasteiger partial charge in [-0.2, -0.15) is 0 Å². The molecular formula is C13H18INO2. The molecular weight excluding hydrogens is 329 g/mol. The zero-order valence-electron chi connectivity index (χ0n) is 10.2. The second kappa shape index (κ2) is 6.96. The number of benzene rings is 1. The maximum Gasteiger partial charge on any atom is 0.251 e. The maximum atomic E-state index is 12.1. The van der Waals surface area contributed by atoms with Crippen molar-refractivity contribution in [3.8, 4) is 0 Å². The minimum atomic E-state index is -0.0543. The van der Waals surface area contributed by atoms with Crippen LogP contribution in [0.4, 0.5) is 0 Å². The summed E-state index contributed by atoms with van der Waals surface area (Å²) in [4.78, 5) is 12.1. The van der Waals surface area contributed by atoms with E-state index in [1.165, 1.54) is 0 Å². The first-order chi connectivity index (χ1) is 8.10. The third kappa shape index (κ3) is 3.96. The van der Waals surface area contributed by atoms with Crippen molar-refractivity contribution in [2.75, 3.05) is 6.61 Å². The van der Waals surface area contributed by atoms with Crippen molar-refractivity contribution >= 4 is 28.5 Å².